The van der Waals surface area contributed by atoms with Crippen LogP contribution in [-0.2, 0) is 11.3 Å². The molecule has 2 aliphatic rings. The molecule has 1 saturated heterocycles. The Balaban J connectivity index is 1.59. The average Bonchev–Trinajstić information content (AvgIpc) is 3.28. The number of methoxy groups -OCH3 is 1. The van der Waals surface area contributed by atoms with Gasteiger partial charge in [-0.1, -0.05) is 42.2 Å². The fraction of sp³-hybridized carbons (Fsp3) is 0.200. The van der Waals surface area contributed by atoms with Crippen molar-refractivity contribution in [1.29, 1.82) is 0 Å². The van der Waals surface area contributed by atoms with Crippen molar-refractivity contribution in [3.05, 3.63) is 52.4 Å². The molecule has 0 bridgehead atoms. The molecule has 4 rings (SSSR count). The van der Waals surface area contributed by atoms with E-state index in [4.69, 9.17) is 26.4 Å². The van der Waals surface area contributed by atoms with Crippen LogP contribution in [0.1, 0.15) is 11.1 Å². The number of amides is 1. The number of nitrogens with zero attached hydrogens (tertiary/aromatic N) is 1. The highest BCUT2D eigenvalue weighted by Crippen LogP contribution is 2.39. The Hall–Kier alpha value is -2.85. The van der Waals surface area contributed by atoms with Crippen LogP contribution in [0.25, 0.3) is 6.08 Å². The number of hydrogen-bond donors (Lipinski definition) is 0. The van der Waals surface area contributed by atoms with Gasteiger partial charge in [0.2, 0.25) is 6.79 Å². The number of thioether (sulfide) groups is 1. The number of halogens is 2. The molecule has 0 unspecified atom stereocenters. The van der Waals surface area contributed by atoms with Gasteiger partial charge in [0.1, 0.15) is 4.32 Å². The summed E-state index contributed by atoms with van der Waals surface area (Å²) in [5.41, 5.74) is 1.11. The summed E-state index contributed by atoms with van der Waals surface area (Å²) in [4.78, 5) is 14.7. The molecule has 0 aliphatic carbocycles. The Morgan fingerprint density at radius 2 is 2.07 bits per heavy atom. The van der Waals surface area contributed by atoms with Gasteiger partial charge < -0.3 is 18.9 Å². The molecule has 1 fully saturated rings. The lowest BCUT2D eigenvalue weighted by atomic mass is 10.1. The van der Waals surface area contributed by atoms with Crippen molar-refractivity contribution in [3.8, 4) is 23.0 Å². The fourth-order valence-corrected chi connectivity index (χ4v) is 4.27. The van der Waals surface area contributed by atoms with E-state index in [0.717, 1.165) is 17.3 Å². The number of rotatable bonds is 6. The number of para-hydroxylation sites is 1. The minimum atomic E-state index is -3.03. The fourth-order valence-electron chi connectivity index (χ4n) is 3.02. The maximum atomic E-state index is 12.9. The normalized spacial score (nSPS) is 16.7. The predicted octanol–water partition coefficient (Wildman–Crippen LogP) is 4.43. The van der Waals surface area contributed by atoms with Crippen LogP contribution in [0.5, 0.6) is 23.0 Å². The SMILES string of the molecule is COc1cccc(C=C2SC(=S)N(Cc3ccc4c(c3)OCO4)C2=O)c1OC(F)F. The number of hydrogen-bond acceptors (Lipinski definition) is 7. The minimum absolute atomic E-state index is 0.139. The van der Waals surface area contributed by atoms with Crippen molar-refractivity contribution in [2.75, 3.05) is 13.9 Å². The van der Waals surface area contributed by atoms with Gasteiger partial charge in [0.05, 0.1) is 18.6 Å². The molecule has 1 amide bonds. The van der Waals surface area contributed by atoms with Crippen LogP contribution in [-0.4, -0.2) is 35.6 Å². The first-order valence-electron chi connectivity index (χ1n) is 8.72. The van der Waals surface area contributed by atoms with Gasteiger partial charge in [0, 0.05) is 5.56 Å². The average molecular weight is 451 g/mol. The maximum absolute atomic E-state index is 12.9. The van der Waals surface area contributed by atoms with E-state index in [2.05, 4.69) is 4.74 Å². The molecule has 2 aromatic rings. The van der Waals surface area contributed by atoms with Crippen molar-refractivity contribution >= 4 is 40.3 Å². The summed E-state index contributed by atoms with van der Waals surface area (Å²) in [5.74, 6) is 0.927. The molecule has 0 atom stereocenters. The molecule has 0 radical (unpaired) electrons. The molecule has 156 valence electrons. The van der Waals surface area contributed by atoms with Gasteiger partial charge >= 0.3 is 6.61 Å². The second kappa shape index (κ2) is 8.49. The molecule has 2 heterocycles. The number of alkyl halides is 2. The van der Waals surface area contributed by atoms with E-state index < -0.39 is 6.61 Å². The van der Waals surface area contributed by atoms with Crippen LogP contribution >= 0.6 is 24.0 Å². The van der Waals surface area contributed by atoms with Crippen molar-refractivity contribution in [3.63, 3.8) is 0 Å². The van der Waals surface area contributed by atoms with Crippen LogP contribution < -0.4 is 18.9 Å². The molecular formula is C20H15F2NO5S2. The molecule has 30 heavy (non-hydrogen) atoms. The monoisotopic (exact) mass is 451 g/mol. The van der Waals surface area contributed by atoms with Gasteiger partial charge in [0.15, 0.2) is 23.0 Å². The number of thiocarbonyl (C=S) groups is 1. The summed E-state index contributed by atoms with van der Waals surface area (Å²) in [6.07, 6.45) is 1.47. The van der Waals surface area contributed by atoms with E-state index in [1.807, 2.05) is 6.07 Å². The Morgan fingerprint density at radius 1 is 1.27 bits per heavy atom. The molecule has 0 aromatic heterocycles. The van der Waals surface area contributed by atoms with Crippen molar-refractivity contribution in [2.45, 2.75) is 13.2 Å². The lowest BCUT2D eigenvalue weighted by Crippen LogP contribution is -2.27. The second-order valence-electron chi connectivity index (χ2n) is 6.21. The lowest BCUT2D eigenvalue weighted by molar-refractivity contribution is -0.122. The van der Waals surface area contributed by atoms with E-state index in [-0.39, 0.29) is 30.7 Å². The number of benzene rings is 2. The van der Waals surface area contributed by atoms with Gasteiger partial charge in [-0.25, -0.2) is 0 Å². The zero-order valence-corrected chi connectivity index (χ0v) is 17.2. The summed E-state index contributed by atoms with van der Waals surface area (Å²) in [6, 6.07) is 10.1. The first kappa shape index (κ1) is 20.4. The van der Waals surface area contributed by atoms with Crippen LogP contribution in [0, 0.1) is 0 Å². The van der Waals surface area contributed by atoms with Crippen molar-refractivity contribution in [1.82, 2.24) is 4.90 Å². The van der Waals surface area contributed by atoms with Crippen molar-refractivity contribution in [2.24, 2.45) is 0 Å². The first-order chi connectivity index (χ1) is 14.5. The van der Waals surface area contributed by atoms with E-state index >= 15 is 0 Å². The number of ether oxygens (including phenoxy) is 4. The van der Waals surface area contributed by atoms with Crippen LogP contribution in [0.4, 0.5) is 8.78 Å². The Labute approximate surface area is 180 Å². The molecular weight excluding hydrogens is 436 g/mol. The molecule has 0 N–H and O–H groups in total. The third kappa shape index (κ3) is 4.05. The van der Waals surface area contributed by atoms with Gasteiger partial charge in [-0.05, 0) is 29.8 Å². The number of carbonyl (C=O) groups excluding carboxylic acids is 1. The van der Waals surface area contributed by atoms with Crippen LogP contribution in [0.15, 0.2) is 41.3 Å². The van der Waals surface area contributed by atoms with Crippen LogP contribution in [0.2, 0.25) is 0 Å². The van der Waals surface area contributed by atoms with Gasteiger partial charge in [-0.3, -0.25) is 9.69 Å². The highest BCUT2D eigenvalue weighted by molar-refractivity contribution is 8.26. The highest BCUT2D eigenvalue weighted by Gasteiger charge is 2.33. The van der Waals surface area contributed by atoms with Crippen molar-refractivity contribution < 1.29 is 32.5 Å². The number of fused-ring (bicyclic) bond motifs is 1. The second-order valence-corrected chi connectivity index (χ2v) is 7.89. The molecule has 6 nitrogen and oxygen atoms in total. The smallest absolute Gasteiger partial charge is 0.387 e. The molecule has 0 saturated carbocycles. The van der Waals surface area contributed by atoms with E-state index in [0.29, 0.717) is 26.3 Å². The first-order valence-corrected chi connectivity index (χ1v) is 9.94. The predicted molar refractivity (Wildman–Crippen MR) is 111 cm³/mol. The Morgan fingerprint density at radius 3 is 2.83 bits per heavy atom. The molecule has 2 aliphatic heterocycles. The summed E-state index contributed by atoms with van der Waals surface area (Å²) in [5, 5.41) is 0. The quantitative estimate of drug-likeness (QED) is 0.476. The minimum Gasteiger partial charge on any atom is -0.493 e. The van der Waals surface area contributed by atoms with Gasteiger partial charge in [-0.2, -0.15) is 8.78 Å². The standard InChI is InChI=1S/C20H15F2NO5S2/c1-25-14-4-2-3-12(17(14)28-19(21)22)8-16-18(24)23(20(29)30-16)9-11-5-6-13-15(7-11)27-10-26-13/h2-8,19H,9-10H2,1H3. The summed E-state index contributed by atoms with van der Waals surface area (Å²) < 4.78 is 46.4. The molecule has 2 aromatic carbocycles. The topological polar surface area (TPSA) is 57.2 Å². The third-order valence-corrected chi connectivity index (χ3v) is 5.75. The third-order valence-electron chi connectivity index (χ3n) is 4.37. The Bertz CT molecular complexity index is 1040. The number of carbonyl (C=O) groups is 1. The Kier molecular flexibility index (Phi) is 5.78. The zero-order valence-electron chi connectivity index (χ0n) is 15.6. The maximum Gasteiger partial charge on any atom is 0.387 e. The van der Waals surface area contributed by atoms with Gasteiger partial charge in [-0.15, -0.1) is 0 Å². The van der Waals surface area contributed by atoms with E-state index in [1.165, 1.54) is 24.2 Å². The van der Waals surface area contributed by atoms with Gasteiger partial charge in [0.25, 0.3) is 5.91 Å². The largest absolute Gasteiger partial charge is 0.493 e. The lowest BCUT2D eigenvalue weighted by Gasteiger charge is -2.15. The van der Waals surface area contributed by atoms with Crippen LogP contribution in [0.3, 0.4) is 0 Å². The highest BCUT2D eigenvalue weighted by atomic mass is 32.2. The summed E-state index contributed by atoms with van der Waals surface area (Å²) in [6.45, 7) is -2.63. The summed E-state index contributed by atoms with van der Waals surface area (Å²) >= 11 is 6.45. The van der Waals surface area contributed by atoms with E-state index in [1.54, 1.807) is 24.3 Å². The zero-order chi connectivity index (χ0) is 21.3. The van der Waals surface area contributed by atoms with E-state index in [9.17, 15) is 13.6 Å². The summed E-state index contributed by atoms with van der Waals surface area (Å²) in [7, 11) is 1.35. The molecule has 0 spiro atoms. The molecule has 10 heteroatoms.